The molecular formula is C18H21N3O5. The number of nitrogens with zero attached hydrogens (tertiary/aromatic N) is 3. The maximum absolute atomic E-state index is 10.9. The number of methoxy groups -OCH3 is 2. The molecule has 0 spiro atoms. The van der Waals surface area contributed by atoms with Crippen LogP contribution in [0.15, 0.2) is 30.6 Å². The van der Waals surface area contributed by atoms with Crippen molar-refractivity contribution >= 4 is 11.8 Å². The summed E-state index contributed by atoms with van der Waals surface area (Å²) >= 11 is 0. The van der Waals surface area contributed by atoms with Crippen molar-refractivity contribution in [3.05, 3.63) is 36.3 Å². The van der Waals surface area contributed by atoms with Gasteiger partial charge in [0, 0.05) is 25.9 Å². The van der Waals surface area contributed by atoms with Crippen molar-refractivity contribution in [1.29, 1.82) is 0 Å². The zero-order valence-electron chi connectivity index (χ0n) is 14.7. The number of benzene rings is 1. The molecule has 1 aliphatic rings. The van der Waals surface area contributed by atoms with Gasteiger partial charge in [-0.15, -0.1) is 0 Å². The first-order valence-corrected chi connectivity index (χ1v) is 8.30. The van der Waals surface area contributed by atoms with Crippen LogP contribution in [0.1, 0.15) is 23.3 Å². The van der Waals surface area contributed by atoms with Crippen molar-refractivity contribution in [2.24, 2.45) is 0 Å². The number of rotatable bonds is 6. The second kappa shape index (κ2) is 7.90. The molecule has 8 nitrogen and oxygen atoms in total. The van der Waals surface area contributed by atoms with Gasteiger partial charge in [-0.25, -0.2) is 14.8 Å². The van der Waals surface area contributed by atoms with Crippen LogP contribution < -0.4 is 19.1 Å². The fourth-order valence-electron chi connectivity index (χ4n) is 2.90. The molecule has 0 amide bonds. The van der Waals surface area contributed by atoms with Gasteiger partial charge in [-0.1, -0.05) is 6.07 Å². The second-order valence-electron chi connectivity index (χ2n) is 5.86. The van der Waals surface area contributed by atoms with Gasteiger partial charge in [-0.3, -0.25) is 0 Å². The van der Waals surface area contributed by atoms with Crippen molar-refractivity contribution in [1.82, 2.24) is 9.97 Å². The Labute approximate surface area is 151 Å². The molecular weight excluding hydrogens is 338 g/mol. The van der Waals surface area contributed by atoms with Gasteiger partial charge >= 0.3 is 5.97 Å². The van der Waals surface area contributed by atoms with E-state index in [1.807, 2.05) is 18.2 Å². The topological polar surface area (TPSA) is 94.0 Å². The Morgan fingerprint density at radius 1 is 1.12 bits per heavy atom. The summed E-state index contributed by atoms with van der Waals surface area (Å²) in [5.74, 6) is 1.48. The van der Waals surface area contributed by atoms with Gasteiger partial charge in [0.2, 0.25) is 5.75 Å². The van der Waals surface area contributed by atoms with Crippen LogP contribution in [-0.2, 0) is 0 Å². The van der Waals surface area contributed by atoms with Gasteiger partial charge in [-0.2, -0.15) is 0 Å². The Kier molecular flexibility index (Phi) is 5.40. The Balaban J connectivity index is 1.63. The molecule has 1 aliphatic heterocycles. The van der Waals surface area contributed by atoms with Gasteiger partial charge in [-0.05, 0) is 12.1 Å². The van der Waals surface area contributed by atoms with Gasteiger partial charge < -0.3 is 24.2 Å². The average Bonchev–Trinajstić information content (AvgIpc) is 2.68. The molecule has 1 aromatic heterocycles. The van der Waals surface area contributed by atoms with Crippen molar-refractivity contribution in [3.63, 3.8) is 0 Å². The fraction of sp³-hybridized carbons (Fsp3) is 0.389. The number of hydrogen-bond acceptors (Lipinski definition) is 7. The summed E-state index contributed by atoms with van der Waals surface area (Å²) in [6.45, 7) is 1.48. The van der Waals surface area contributed by atoms with E-state index < -0.39 is 5.97 Å². The van der Waals surface area contributed by atoms with Crippen molar-refractivity contribution in [2.75, 3.05) is 32.2 Å². The fourth-order valence-corrected chi connectivity index (χ4v) is 2.90. The lowest BCUT2D eigenvalue weighted by Crippen LogP contribution is -2.38. The van der Waals surface area contributed by atoms with Gasteiger partial charge in [0.25, 0.3) is 0 Å². The summed E-state index contributed by atoms with van der Waals surface area (Å²) in [6.07, 6.45) is 4.39. The molecule has 1 saturated heterocycles. The van der Waals surface area contributed by atoms with Crippen LogP contribution in [0, 0.1) is 0 Å². The average molecular weight is 359 g/mol. The number of aromatic carboxylic acids is 1. The Morgan fingerprint density at radius 2 is 1.77 bits per heavy atom. The third kappa shape index (κ3) is 3.79. The molecule has 0 atom stereocenters. The first-order valence-electron chi connectivity index (χ1n) is 8.30. The Morgan fingerprint density at radius 3 is 2.27 bits per heavy atom. The third-order valence-electron chi connectivity index (χ3n) is 4.29. The zero-order valence-corrected chi connectivity index (χ0v) is 14.7. The summed E-state index contributed by atoms with van der Waals surface area (Å²) < 4.78 is 16.9. The molecule has 0 radical (unpaired) electrons. The van der Waals surface area contributed by atoms with Crippen LogP contribution in [0.4, 0.5) is 5.82 Å². The van der Waals surface area contributed by atoms with E-state index >= 15 is 0 Å². The summed E-state index contributed by atoms with van der Waals surface area (Å²) in [5, 5.41) is 8.89. The highest BCUT2D eigenvalue weighted by Gasteiger charge is 2.24. The minimum Gasteiger partial charge on any atom is -0.493 e. The molecule has 0 unspecified atom stereocenters. The molecule has 1 N–H and O–H groups in total. The van der Waals surface area contributed by atoms with E-state index in [1.54, 1.807) is 14.2 Å². The number of piperidine rings is 1. The smallest absolute Gasteiger partial charge is 0.356 e. The highest BCUT2D eigenvalue weighted by molar-refractivity contribution is 5.84. The standard InChI is InChI=1S/C18H21N3O5/c1-24-14-4-3-5-15(25-2)17(14)26-12-6-8-21(9-7-12)16-11-19-13(10-20-16)18(22)23/h3-5,10-12H,6-9H2,1-2H3,(H,22,23). The molecule has 1 fully saturated rings. The molecule has 1 aromatic carbocycles. The monoisotopic (exact) mass is 359 g/mol. The predicted octanol–water partition coefficient (Wildman–Crippen LogP) is 2.24. The Hall–Kier alpha value is -3.03. The number of para-hydroxylation sites is 1. The van der Waals surface area contributed by atoms with Gasteiger partial charge in [0.1, 0.15) is 11.9 Å². The molecule has 2 aromatic rings. The van der Waals surface area contributed by atoms with E-state index in [0.29, 0.717) is 23.1 Å². The molecule has 2 heterocycles. The zero-order chi connectivity index (χ0) is 18.5. The number of carbonyl (C=O) groups is 1. The van der Waals surface area contributed by atoms with Crippen LogP contribution in [-0.4, -0.2) is 54.5 Å². The van der Waals surface area contributed by atoms with Gasteiger partial charge in [0.15, 0.2) is 17.2 Å². The molecule has 26 heavy (non-hydrogen) atoms. The van der Waals surface area contributed by atoms with E-state index in [1.165, 1.54) is 12.4 Å². The Bertz CT molecular complexity index is 736. The third-order valence-corrected chi connectivity index (χ3v) is 4.29. The number of anilines is 1. The van der Waals surface area contributed by atoms with E-state index in [0.717, 1.165) is 25.9 Å². The first kappa shape index (κ1) is 17.8. The number of ether oxygens (including phenoxy) is 3. The molecule has 138 valence electrons. The van der Waals surface area contributed by atoms with E-state index in [-0.39, 0.29) is 11.8 Å². The summed E-state index contributed by atoms with van der Waals surface area (Å²) in [5.41, 5.74) is -0.0600. The largest absolute Gasteiger partial charge is 0.493 e. The maximum atomic E-state index is 10.9. The molecule has 3 rings (SSSR count). The minimum atomic E-state index is -1.08. The van der Waals surface area contributed by atoms with Crippen LogP contribution in [0.5, 0.6) is 17.2 Å². The quantitative estimate of drug-likeness (QED) is 0.839. The van der Waals surface area contributed by atoms with Crippen molar-refractivity contribution < 1.29 is 24.1 Å². The van der Waals surface area contributed by atoms with Crippen LogP contribution in [0.25, 0.3) is 0 Å². The molecule has 0 bridgehead atoms. The van der Waals surface area contributed by atoms with Crippen molar-refractivity contribution in [3.8, 4) is 17.2 Å². The van der Waals surface area contributed by atoms with Gasteiger partial charge in [0.05, 0.1) is 26.6 Å². The highest BCUT2D eigenvalue weighted by Crippen LogP contribution is 2.38. The molecule has 0 saturated carbocycles. The number of aromatic nitrogens is 2. The lowest BCUT2D eigenvalue weighted by atomic mass is 10.1. The van der Waals surface area contributed by atoms with E-state index in [4.69, 9.17) is 19.3 Å². The van der Waals surface area contributed by atoms with Crippen molar-refractivity contribution in [2.45, 2.75) is 18.9 Å². The normalized spacial score (nSPS) is 14.8. The first-order chi connectivity index (χ1) is 12.6. The van der Waals surface area contributed by atoms with E-state index in [2.05, 4.69) is 14.9 Å². The maximum Gasteiger partial charge on any atom is 0.356 e. The molecule has 8 heteroatoms. The number of carboxylic acids is 1. The summed E-state index contributed by atoms with van der Waals surface area (Å²) in [7, 11) is 3.20. The lowest BCUT2D eigenvalue weighted by molar-refractivity contribution is 0.0690. The lowest BCUT2D eigenvalue weighted by Gasteiger charge is -2.33. The second-order valence-corrected chi connectivity index (χ2v) is 5.86. The summed E-state index contributed by atoms with van der Waals surface area (Å²) in [6, 6.07) is 5.53. The molecule has 0 aliphatic carbocycles. The summed E-state index contributed by atoms with van der Waals surface area (Å²) in [4.78, 5) is 21.0. The SMILES string of the molecule is COc1cccc(OC)c1OC1CCN(c2cnc(C(=O)O)cn2)CC1. The van der Waals surface area contributed by atoms with E-state index in [9.17, 15) is 4.79 Å². The predicted molar refractivity (Wildman–Crippen MR) is 94.4 cm³/mol. The minimum absolute atomic E-state index is 0.0303. The van der Waals surface area contributed by atoms with Crippen LogP contribution in [0.3, 0.4) is 0 Å². The van der Waals surface area contributed by atoms with Crippen LogP contribution in [0.2, 0.25) is 0 Å². The number of hydrogen-bond donors (Lipinski definition) is 1. The number of carboxylic acid groups (broad SMARTS) is 1. The highest BCUT2D eigenvalue weighted by atomic mass is 16.5. The van der Waals surface area contributed by atoms with Crippen LogP contribution >= 0.6 is 0 Å².